The highest BCUT2D eigenvalue weighted by Crippen LogP contribution is 2.34. The van der Waals surface area contributed by atoms with Crippen molar-refractivity contribution in [3.05, 3.63) is 111 Å². The summed E-state index contributed by atoms with van der Waals surface area (Å²) in [6.45, 7) is 0. The summed E-state index contributed by atoms with van der Waals surface area (Å²) < 4.78 is 1.05. The lowest BCUT2D eigenvalue weighted by atomic mass is 10.1. The normalized spacial score (nSPS) is 12.4. The zero-order chi connectivity index (χ0) is 25.7. The first-order valence-electron chi connectivity index (χ1n) is 10.1. The third-order valence-electron chi connectivity index (χ3n) is 5.38. The second kappa shape index (κ2) is 9.11. The SMILES string of the molecule is O=C1N=c2ccccc2=C1c1c(Nc2cc([N+](=O)[O-])ccc2Cl)[nH]n(-c2c(Cl)cc(Cl)cc2Cl)c1=O. The topological polar surface area (TPSA) is 122 Å². The number of halogens is 4. The summed E-state index contributed by atoms with van der Waals surface area (Å²) in [5.74, 6) is -0.624. The molecule has 0 fully saturated rings. The number of nitrogens with one attached hydrogen (secondary N) is 2. The number of nitrogens with zero attached hydrogens (tertiary/aromatic N) is 3. The van der Waals surface area contributed by atoms with Gasteiger partial charge in [0, 0.05) is 22.4 Å². The first-order valence-corrected chi connectivity index (χ1v) is 11.6. The molecule has 2 N–H and O–H groups in total. The maximum Gasteiger partial charge on any atom is 0.281 e. The molecule has 9 nitrogen and oxygen atoms in total. The quantitative estimate of drug-likeness (QED) is 0.267. The highest BCUT2D eigenvalue weighted by molar-refractivity contribution is 6.40. The maximum atomic E-state index is 13.8. The Balaban J connectivity index is 1.81. The molecule has 1 aliphatic rings. The lowest BCUT2D eigenvalue weighted by Gasteiger charge is -2.09. The number of hydrogen-bond donors (Lipinski definition) is 2. The average Bonchev–Trinajstić information content (AvgIpc) is 3.29. The van der Waals surface area contributed by atoms with Gasteiger partial charge in [0.25, 0.3) is 17.2 Å². The summed E-state index contributed by atoms with van der Waals surface area (Å²) in [5.41, 5.74) is -0.776. The molecule has 3 aromatic carbocycles. The van der Waals surface area contributed by atoms with Crippen LogP contribution in [-0.2, 0) is 4.79 Å². The first-order chi connectivity index (χ1) is 17.2. The van der Waals surface area contributed by atoms with E-state index in [2.05, 4.69) is 15.4 Å². The Kier molecular flexibility index (Phi) is 6.09. The summed E-state index contributed by atoms with van der Waals surface area (Å²) in [4.78, 5) is 41.4. The van der Waals surface area contributed by atoms with Crippen LogP contribution in [0.15, 0.2) is 64.4 Å². The molecule has 0 bridgehead atoms. The van der Waals surface area contributed by atoms with Gasteiger partial charge >= 0.3 is 0 Å². The largest absolute Gasteiger partial charge is 0.339 e. The van der Waals surface area contributed by atoms with Gasteiger partial charge in [-0.3, -0.25) is 24.8 Å². The molecule has 0 atom stereocenters. The van der Waals surface area contributed by atoms with E-state index in [0.717, 1.165) is 4.68 Å². The first kappa shape index (κ1) is 24.1. The van der Waals surface area contributed by atoms with Crippen LogP contribution in [0.2, 0.25) is 20.1 Å². The standard InChI is InChI=1S/C23H11Cl4N5O4/c24-10-7-14(26)20(15(27)8-10)31-23(34)19(18-12-3-1-2-4-16(12)29-22(18)33)21(30-31)28-17-9-11(32(35)36)5-6-13(17)25/h1-9,28,30H. The van der Waals surface area contributed by atoms with E-state index in [1.54, 1.807) is 24.3 Å². The number of aromatic amines is 1. The lowest BCUT2D eigenvalue weighted by molar-refractivity contribution is -0.384. The molecule has 0 aliphatic carbocycles. The molecule has 0 radical (unpaired) electrons. The van der Waals surface area contributed by atoms with Crippen LogP contribution in [0.25, 0.3) is 11.3 Å². The highest BCUT2D eigenvalue weighted by atomic mass is 35.5. The Morgan fingerprint density at radius 2 is 1.64 bits per heavy atom. The van der Waals surface area contributed by atoms with Crippen LogP contribution in [0.3, 0.4) is 0 Å². The Morgan fingerprint density at radius 1 is 0.944 bits per heavy atom. The van der Waals surface area contributed by atoms with Gasteiger partial charge in [-0.15, -0.1) is 0 Å². The van der Waals surface area contributed by atoms with Crippen molar-refractivity contribution in [3.8, 4) is 5.69 Å². The van der Waals surface area contributed by atoms with Crippen LogP contribution in [-0.4, -0.2) is 20.6 Å². The number of amides is 1. The molecule has 5 rings (SSSR count). The van der Waals surface area contributed by atoms with Crippen LogP contribution >= 0.6 is 46.4 Å². The Labute approximate surface area is 221 Å². The molecule has 0 unspecified atom stereocenters. The van der Waals surface area contributed by atoms with E-state index in [0.29, 0.717) is 10.6 Å². The Hall–Kier alpha value is -3.63. The maximum absolute atomic E-state index is 13.8. The van der Waals surface area contributed by atoms with E-state index in [1.165, 1.54) is 30.3 Å². The van der Waals surface area contributed by atoms with Gasteiger partial charge in [0.1, 0.15) is 11.5 Å². The molecule has 1 aliphatic heterocycles. The summed E-state index contributed by atoms with van der Waals surface area (Å²) in [6.07, 6.45) is 0. The van der Waals surface area contributed by atoms with Crippen molar-refractivity contribution >= 4 is 75.1 Å². The molecule has 1 aromatic heterocycles. The van der Waals surface area contributed by atoms with Crippen molar-refractivity contribution in [2.45, 2.75) is 0 Å². The van der Waals surface area contributed by atoms with Crippen molar-refractivity contribution in [2.24, 2.45) is 4.99 Å². The van der Waals surface area contributed by atoms with Crippen molar-refractivity contribution in [1.29, 1.82) is 0 Å². The second-order valence-electron chi connectivity index (χ2n) is 7.58. The highest BCUT2D eigenvalue weighted by Gasteiger charge is 2.29. The number of carbonyl (C=O) groups is 1. The molecule has 0 saturated carbocycles. The molecule has 1 amide bonds. The number of rotatable bonds is 5. The number of H-pyrrole nitrogens is 1. The van der Waals surface area contributed by atoms with Gasteiger partial charge in [-0.05, 0) is 24.3 Å². The fourth-order valence-corrected chi connectivity index (χ4v) is 4.98. The minimum Gasteiger partial charge on any atom is -0.339 e. The van der Waals surface area contributed by atoms with Crippen LogP contribution in [0, 0.1) is 10.1 Å². The minimum atomic E-state index is -0.680. The number of nitro groups is 1. The number of fused-ring (bicyclic) bond motifs is 1. The predicted octanol–water partition coefficient (Wildman–Crippen LogP) is 4.79. The molecule has 4 aromatic rings. The third-order valence-corrected chi connectivity index (χ3v) is 6.50. The number of nitro benzene ring substituents is 1. The molecule has 0 saturated heterocycles. The summed E-state index contributed by atoms with van der Waals surface area (Å²) in [6, 6.07) is 13.3. The molecule has 0 spiro atoms. The number of hydrogen-bond acceptors (Lipinski definition) is 5. The van der Waals surface area contributed by atoms with Crippen molar-refractivity contribution in [1.82, 2.24) is 9.78 Å². The fourth-order valence-electron chi connectivity index (χ4n) is 3.83. The van der Waals surface area contributed by atoms with Crippen LogP contribution in [0.5, 0.6) is 0 Å². The number of aromatic nitrogens is 2. The second-order valence-corrected chi connectivity index (χ2v) is 9.23. The smallest absolute Gasteiger partial charge is 0.281 e. The van der Waals surface area contributed by atoms with Gasteiger partial charge < -0.3 is 5.32 Å². The number of anilines is 2. The molecule has 180 valence electrons. The van der Waals surface area contributed by atoms with E-state index in [1.807, 2.05) is 0 Å². The summed E-state index contributed by atoms with van der Waals surface area (Å²) in [5, 5.41) is 18.4. The van der Waals surface area contributed by atoms with E-state index >= 15 is 0 Å². The minimum absolute atomic E-state index is 0.0136. The fraction of sp³-hybridized carbons (Fsp3) is 0. The Morgan fingerprint density at radius 3 is 2.33 bits per heavy atom. The lowest BCUT2D eigenvalue weighted by Crippen LogP contribution is -2.25. The molecular formula is C23H11Cl4N5O4. The van der Waals surface area contributed by atoms with Crippen LogP contribution < -0.4 is 21.5 Å². The van der Waals surface area contributed by atoms with Crippen molar-refractivity contribution in [2.75, 3.05) is 5.32 Å². The number of non-ortho nitro benzene ring substituents is 1. The average molecular weight is 563 g/mol. The number of carbonyl (C=O) groups excluding carboxylic acids is 1. The molecule has 13 heteroatoms. The zero-order valence-electron chi connectivity index (χ0n) is 17.7. The van der Waals surface area contributed by atoms with E-state index in [-0.39, 0.29) is 54.1 Å². The van der Waals surface area contributed by atoms with Gasteiger partial charge in [0.15, 0.2) is 0 Å². The van der Waals surface area contributed by atoms with Gasteiger partial charge in [-0.2, -0.15) is 0 Å². The number of para-hydroxylation sites is 1. The van der Waals surface area contributed by atoms with Crippen molar-refractivity contribution < 1.29 is 9.72 Å². The van der Waals surface area contributed by atoms with Gasteiger partial charge in [-0.1, -0.05) is 64.6 Å². The third kappa shape index (κ3) is 4.06. The number of benzene rings is 3. The van der Waals surface area contributed by atoms with E-state index in [9.17, 15) is 19.7 Å². The Bertz CT molecular complexity index is 1770. The van der Waals surface area contributed by atoms with Crippen LogP contribution in [0.4, 0.5) is 17.2 Å². The molecule has 2 heterocycles. The van der Waals surface area contributed by atoms with E-state index < -0.39 is 16.4 Å². The monoisotopic (exact) mass is 561 g/mol. The molecule has 36 heavy (non-hydrogen) atoms. The van der Waals surface area contributed by atoms with Crippen LogP contribution in [0.1, 0.15) is 5.56 Å². The zero-order valence-corrected chi connectivity index (χ0v) is 20.7. The van der Waals surface area contributed by atoms with Crippen molar-refractivity contribution in [3.63, 3.8) is 0 Å². The molecular weight excluding hydrogens is 552 g/mol. The van der Waals surface area contributed by atoms with E-state index in [4.69, 9.17) is 46.4 Å². The summed E-state index contributed by atoms with van der Waals surface area (Å²) in [7, 11) is 0. The summed E-state index contributed by atoms with van der Waals surface area (Å²) >= 11 is 25.0. The predicted molar refractivity (Wildman–Crippen MR) is 138 cm³/mol. The van der Waals surface area contributed by atoms with Gasteiger partial charge in [0.2, 0.25) is 0 Å². The van der Waals surface area contributed by atoms with Gasteiger partial charge in [-0.25, -0.2) is 9.67 Å². The van der Waals surface area contributed by atoms with Gasteiger partial charge in [0.05, 0.1) is 42.2 Å².